The van der Waals surface area contributed by atoms with E-state index in [2.05, 4.69) is 5.32 Å². The van der Waals surface area contributed by atoms with Crippen LogP contribution in [0, 0.1) is 0 Å². The monoisotopic (exact) mass is 393 g/mol. The third-order valence-electron chi connectivity index (χ3n) is 3.98. The predicted molar refractivity (Wildman–Crippen MR) is 95.2 cm³/mol. The molecular weight excluding hydrogens is 370 g/mol. The molecule has 0 bridgehead atoms. The van der Waals surface area contributed by atoms with Crippen molar-refractivity contribution in [2.45, 2.75) is 45.1 Å². The minimum atomic E-state index is -1.06. The number of amides is 1. The van der Waals surface area contributed by atoms with Crippen molar-refractivity contribution < 1.29 is 38.1 Å². The summed E-state index contributed by atoms with van der Waals surface area (Å²) in [4.78, 5) is 46.8. The molecule has 0 aliphatic carbocycles. The molecule has 1 amide bonds. The summed E-state index contributed by atoms with van der Waals surface area (Å²) in [6, 6.07) is 7.70. The number of carbonyl (C=O) groups excluding carboxylic acids is 4. The minimum Gasteiger partial charge on any atom is -0.463 e. The maximum Gasteiger partial charge on any atom is 0.303 e. The smallest absolute Gasteiger partial charge is 0.303 e. The van der Waals surface area contributed by atoms with Crippen molar-refractivity contribution in [1.29, 1.82) is 0 Å². The third-order valence-corrected chi connectivity index (χ3v) is 3.98. The average molecular weight is 393 g/mol. The predicted octanol–water partition coefficient (Wildman–Crippen LogP) is 0.610. The molecule has 1 saturated heterocycles. The molecule has 0 saturated carbocycles. The maximum atomic E-state index is 12.5. The van der Waals surface area contributed by atoms with Gasteiger partial charge in [-0.25, -0.2) is 0 Å². The zero-order valence-electron chi connectivity index (χ0n) is 15.9. The molecule has 1 N–H and O–H groups in total. The van der Waals surface area contributed by atoms with E-state index in [1.54, 1.807) is 30.3 Å². The SMILES string of the molecule is CC(=O)OCC1OC[C@@H](NC(=O)c2ccccc2)[C@@H](OC(C)=O)[C@H]1OC(C)=O. The van der Waals surface area contributed by atoms with E-state index in [0.717, 1.165) is 0 Å². The number of hydrogen-bond donors (Lipinski definition) is 1. The van der Waals surface area contributed by atoms with Gasteiger partial charge in [-0.2, -0.15) is 0 Å². The summed E-state index contributed by atoms with van der Waals surface area (Å²) >= 11 is 0. The van der Waals surface area contributed by atoms with Crippen molar-refractivity contribution >= 4 is 23.8 Å². The summed E-state index contributed by atoms with van der Waals surface area (Å²) < 4.78 is 21.2. The van der Waals surface area contributed by atoms with Gasteiger partial charge in [-0.3, -0.25) is 19.2 Å². The summed E-state index contributed by atoms with van der Waals surface area (Å²) in [5.41, 5.74) is 0.412. The van der Waals surface area contributed by atoms with Crippen LogP contribution in [0.5, 0.6) is 0 Å². The summed E-state index contributed by atoms with van der Waals surface area (Å²) in [6.45, 7) is 3.41. The van der Waals surface area contributed by atoms with Crippen LogP contribution in [-0.2, 0) is 33.3 Å². The molecule has 1 unspecified atom stereocenters. The highest BCUT2D eigenvalue weighted by Crippen LogP contribution is 2.23. The zero-order valence-corrected chi connectivity index (χ0v) is 15.9. The Bertz CT molecular complexity index is 720. The van der Waals surface area contributed by atoms with E-state index in [1.807, 2.05) is 0 Å². The van der Waals surface area contributed by atoms with Gasteiger partial charge in [0.2, 0.25) is 0 Å². The number of nitrogens with one attached hydrogen (secondary N) is 1. The van der Waals surface area contributed by atoms with Gasteiger partial charge in [0.15, 0.2) is 12.2 Å². The molecule has 152 valence electrons. The molecule has 1 aliphatic rings. The molecule has 9 heteroatoms. The summed E-state index contributed by atoms with van der Waals surface area (Å²) in [5, 5.41) is 2.74. The second-order valence-electron chi connectivity index (χ2n) is 6.27. The fourth-order valence-electron chi connectivity index (χ4n) is 2.84. The minimum absolute atomic E-state index is 0.0276. The topological polar surface area (TPSA) is 117 Å². The summed E-state index contributed by atoms with van der Waals surface area (Å²) in [6.07, 6.45) is -2.92. The lowest BCUT2D eigenvalue weighted by molar-refractivity contribution is -0.206. The third kappa shape index (κ3) is 6.05. The number of hydrogen-bond acceptors (Lipinski definition) is 8. The lowest BCUT2D eigenvalue weighted by Crippen LogP contribution is -2.62. The van der Waals surface area contributed by atoms with Gasteiger partial charge in [0.25, 0.3) is 5.91 Å². The number of ether oxygens (including phenoxy) is 4. The van der Waals surface area contributed by atoms with Crippen molar-refractivity contribution in [2.75, 3.05) is 13.2 Å². The van der Waals surface area contributed by atoms with Crippen LogP contribution in [-0.4, -0.2) is 61.4 Å². The van der Waals surface area contributed by atoms with Gasteiger partial charge in [-0.05, 0) is 12.1 Å². The molecule has 4 atom stereocenters. The molecule has 1 aromatic rings. The second-order valence-corrected chi connectivity index (χ2v) is 6.27. The first-order valence-electron chi connectivity index (χ1n) is 8.73. The van der Waals surface area contributed by atoms with Gasteiger partial charge in [0, 0.05) is 26.3 Å². The Morgan fingerprint density at radius 1 is 0.964 bits per heavy atom. The average Bonchev–Trinajstić information content (AvgIpc) is 2.63. The van der Waals surface area contributed by atoms with Crippen LogP contribution >= 0.6 is 0 Å². The van der Waals surface area contributed by atoms with Crippen molar-refractivity contribution in [3.8, 4) is 0 Å². The number of esters is 3. The Morgan fingerprint density at radius 3 is 2.14 bits per heavy atom. The Morgan fingerprint density at radius 2 is 1.57 bits per heavy atom. The van der Waals surface area contributed by atoms with Gasteiger partial charge < -0.3 is 24.3 Å². The molecule has 1 aromatic carbocycles. The molecule has 1 heterocycles. The lowest BCUT2D eigenvalue weighted by atomic mass is 9.97. The molecule has 0 aromatic heterocycles. The van der Waals surface area contributed by atoms with Crippen LogP contribution in [0.4, 0.5) is 0 Å². The van der Waals surface area contributed by atoms with Crippen LogP contribution in [0.2, 0.25) is 0 Å². The van der Waals surface area contributed by atoms with Gasteiger partial charge in [0.1, 0.15) is 12.7 Å². The lowest BCUT2D eigenvalue weighted by Gasteiger charge is -2.41. The molecule has 9 nitrogen and oxygen atoms in total. The largest absolute Gasteiger partial charge is 0.463 e. The van der Waals surface area contributed by atoms with E-state index in [1.165, 1.54) is 20.8 Å². The molecular formula is C19H23NO8. The Kier molecular flexibility index (Phi) is 7.51. The normalized spacial score (nSPS) is 24.0. The highest BCUT2D eigenvalue weighted by atomic mass is 16.6. The summed E-state index contributed by atoms with van der Waals surface area (Å²) in [7, 11) is 0. The first-order valence-corrected chi connectivity index (χ1v) is 8.73. The number of carbonyl (C=O) groups is 4. The Balaban J connectivity index is 2.22. The van der Waals surface area contributed by atoms with Crippen LogP contribution < -0.4 is 5.32 Å². The van der Waals surface area contributed by atoms with Crippen molar-refractivity contribution in [2.24, 2.45) is 0 Å². The maximum absolute atomic E-state index is 12.5. The van der Waals surface area contributed by atoms with Crippen LogP contribution in [0.15, 0.2) is 30.3 Å². The van der Waals surface area contributed by atoms with Gasteiger partial charge >= 0.3 is 17.9 Å². The molecule has 0 radical (unpaired) electrons. The van der Waals surface area contributed by atoms with Crippen LogP contribution in [0.1, 0.15) is 31.1 Å². The highest BCUT2D eigenvalue weighted by Gasteiger charge is 2.46. The second kappa shape index (κ2) is 9.84. The fraction of sp³-hybridized carbons (Fsp3) is 0.474. The molecule has 1 fully saturated rings. The van der Waals surface area contributed by atoms with Crippen LogP contribution in [0.25, 0.3) is 0 Å². The quantitative estimate of drug-likeness (QED) is 0.552. The van der Waals surface area contributed by atoms with Gasteiger partial charge in [-0.1, -0.05) is 18.2 Å². The zero-order chi connectivity index (χ0) is 20.7. The van der Waals surface area contributed by atoms with E-state index in [4.69, 9.17) is 18.9 Å². The van der Waals surface area contributed by atoms with E-state index < -0.39 is 48.2 Å². The van der Waals surface area contributed by atoms with Gasteiger partial charge in [-0.15, -0.1) is 0 Å². The standard InChI is InChI=1S/C19H23NO8/c1-11(21)25-10-16-18(28-13(3)23)17(27-12(2)22)15(9-26-16)20-19(24)14-7-5-4-6-8-14/h4-8,15-18H,9-10H2,1-3H3,(H,20,24)/t15-,16?,17-,18+/m1/s1. The van der Waals surface area contributed by atoms with Crippen molar-refractivity contribution in [1.82, 2.24) is 5.32 Å². The van der Waals surface area contributed by atoms with Gasteiger partial charge in [0.05, 0.1) is 12.6 Å². The van der Waals surface area contributed by atoms with E-state index in [9.17, 15) is 19.2 Å². The Labute approximate surface area is 162 Å². The summed E-state index contributed by atoms with van der Waals surface area (Å²) in [5.74, 6) is -2.18. The van der Waals surface area contributed by atoms with E-state index in [0.29, 0.717) is 5.56 Å². The highest BCUT2D eigenvalue weighted by molar-refractivity contribution is 5.94. The van der Waals surface area contributed by atoms with Crippen LogP contribution in [0.3, 0.4) is 0 Å². The molecule has 0 spiro atoms. The molecule has 28 heavy (non-hydrogen) atoms. The van der Waals surface area contributed by atoms with E-state index in [-0.39, 0.29) is 13.2 Å². The van der Waals surface area contributed by atoms with Crippen molar-refractivity contribution in [3.63, 3.8) is 0 Å². The number of benzene rings is 1. The Hall–Kier alpha value is -2.94. The molecule has 1 aliphatic heterocycles. The number of rotatable bonds is 6. The fourth-order valence-corrected chi connectivity index (χ4v) is 2.84. The van der Waals surface area contributed by atoms with Crippen molar-refractivity contribution in [3.05, 3.63) is 35.9 Å². The first-order chi connectivity index (χ1) is 13.3. The first kappa shape index (κ1) is 21.4. The molecule has 2 rings (SSSR count). The van der Waals surface area contributed by atoms with E-state index >= 15 is 0 Å².